The van der Waals surface area contributed by atoms with Crippen molar-refractivity contribution in [3.63, 3.8) is 0 Å². The molecule has 27 heavy (non-hydrogen) atoms. The van der Waals surface area contributed by atoms with Gasteiger partial charge in [0.05, 0.1) is 12.0 Å². The third-order valence-corrected chi connectivity index (χ3v) is 5.72. The Morgan fingerprint density at radius 1 is 1.26 bits per heavy atom. The van der Waals surface area contributed by atoms with Gasteiger partial charge >= 0.3 is 5.97 Å². The van der Waals surface area contributed by atoms with Crippen LogP contribution >= 0.6 is 35.1 Å². The Morgan fingerprint density at radius 3 is 2.63 bits per heavy atom. The molecule has 0 spiro atoms. The molecule has 0 unspecified atom stereocenters. The van der Waals surface area contributed by atoms with Crippen LogP contribution in [0.25, 0.3) is 6.08 Å². The molecule has 1 saturated heterocycles. The lowest BCUT2D eigenvalue weighted by Gasteiger charge is -2.18. The Balaban J connectivity index is 1.74. The van der Waals surface area contributed by atoms with Crippen molar-refractivity contribution in [1.82, 2.24) is 4.90 Å². The van der Waals surface area contributed by atoms with Crippen LogP contribution in [0.1, 0.15) is 12.7 Å². The SMILES string of the molecule is COC(=O)[C@@H](C)N1C(=O)S/C(=C\c2ccc(Sc3ccc(Cl)cc3)o2)C1=O. The Bertz CT molecular complexity index is 922. The minimum atomic E-state index is -0.985. The average Bonchev–Trinajstić information content (AvgIpc) is 3.20. The Hall–Kier alpha value is -2.16. The maximum Gasteiger partial charge on any atom is 0.328 e. The zero-order valence-electron chi connectivity index (χ0n) is 14.3. The molecule has 1 atom stereocenters. The van der Waals surface area contributed by atoms with Crippen molar-refractivity contribution in [3.8, 4) is 0 Å². The van der Waals surface area contributed by atoms with E-state index in [0.29, 0.717) is 15.9 Å². The van der Waals surface area contributed by atoms with Gasteiger partial charge in [-0.2, -0.15) is 0 Å². The number of methoxy groups -OCH3 is 1. The number of thioether (sulfide) groups is 1. The zero-order valence-corrected chi connectivity index (χ0v) is 16.7. The second-order valence-electron chi connectivity index (χ2n) is 5.46. The van der Waals surface area contributed by atoms with Crippen LogP contribution in [0.3, 0.4) is 0 Å². The highest BCUT2D eigenvalue weighted by molar-refractivity contribution is 8.18. The molecule has 1 aliphatic rings. The average molecular weight is 424 g/mol. The maximum absolute atomic E-state index is 12.5. The standard InChI is InChI=1S/C18H14ClNO5S2/c1-10(17(22)24-2)20-16(21)14(27-18(20)23)9-12-5-8-15(25-12)26-13-6-3-11(19)4-7-13/h3-10H,1-2H3/b14-9-/t10-/m1/s1. The largest absolute Gasteiger partial charge is 0.467 e. The third kappa shape index (κ3) is 4.40. The Labute approximate surface area is 168 Å². The molecule has 6 nitrogen and oxygen atoms in total. The number of rotatable bonds is 5. The topological polar surface area (TPSA) is 76.8 Å². The number of hydrogen-bond donors (Lipinski definition) is 0. The number of imide groups is 1. The summed E-state index contributed by atoms with van der Waals surface area (Å²) in [6.07, 6.45) is 1.49. The lowest BCUT2D eigenvalue weighted by molar-refractivity contribution is -0.148. The van der Waals surface area contributed by atoms with Gasteiger partial charge in [0.1, 0.15) is 11.8 Å². The van der Waals surface area contributed by atoms with Gasteiger partial charge in [0.25, 0.3) is 11.1 Å². The van der Waals surface area contributed by atoms with E-state index < -0.39 is 23.2 Å². The molecule has 1 fully saturated rings. The lowest BCUT2D eigenvalue weighted by atomic mass is 10.3. The second-order valence-corrected chi connectivity index (χ2v) is 7.97. The quantitative estimate of drug-likeness (QED) is 0.510. The van der Waals surface area contributed by atoms with E-state index in [2.05, 4.69) is 4.74 Å². The van der Waals surface area contributed by atoms with Gasteiger partial charge in [0.15, 0.2) is 5.09 Å². The van der Waals surface area contributed by atoms with Gasteiger partial charge in [-0.25, -0.2) is 4.79 Å². The van der Waals surface area contributed by atoms with E-state index in [1.54, 1.807) is 24.3 Å². The molecule has 3 rings (SSSR count). The van der Waals surface area contributed by atoms with Crippen molar-refractivity contribution in [2.75, 3.05) is 7.11 Å². The minimum absolute atomic E-state index is 0.188. The van der Waals surface area contributed by atoms with Crippen molar-refractivity contribution in [2.24, 2.45) is 0 Å². The number of nitrogens with zero attached hydrogens (tertiary/aromatic N) is 1. The first-order valence-electron chi connectivity index (χ1n) is 7.77. The van der Waals surface area contributed by atoms with Crippen LogP contribution in [0.5, 0.6) is 0 Å². The molecule has 0 radical (unpaired) electrons. The van der Waals surface area contributed by atoms with Crippen molar-refractivity contribution in [2.45, 2.75) is 23.0 Å². The van der Waals surface area contributed by atoms with E-state index >= 15 is 0 Å². The van der Waals surface area contributed by atoms with E-state index in [9.17, 15) is 14.4 Å². The van der Waals surface area contributed by atoms with Gasteiger partial charge < -0.3 is 9.15 Å². The highest BCUT2D eigenvalue weighted by Gasteiger charge is 2.41. The van der Waals surface area contributed by atoms with Crippen molar-refractivity contribution >= 4 is 58.3 Å². The fourth-order valence-electron chi connectivity index (χ4n) is 2.30. The minimum Gasteiger partial charge on any atom is -0.467 e. The molecule has 1 aromatic heterocycles. The first kappa shape index (κ1) is 19.6. The van der Waals surface area contributed by atoms with E-state index in [1.165, 1.54) is 31.9 Å². The van der Waals surface area contributed by atoms with Gasteiger partial charge in [-0.3, -0.25) is 14.5 Å². The second kappa shape index (κ2) is 8.24. The van der Waals surface area contributed by atoms with Crippen molar-refractivity contribution < 1.29 is 23.5 Å². The van der Waals surface area contributed by atoms with E-state index in [-0.39, 0.29) is 4.91 Å². The number of ether oxygens (including phenoxy) is 1. The van der Waals surface area contributed by atoms with Gasteiger partial charge in [-0.1, -0.05) is 23.4 Å². The summed E-state index contributed by atoms with van der Waals surface area (Å²) in [5.74, 6) is -0.771. The van der Waals surface area contributed by atoms with Crippen LogP contribution in [0.2, 0.25) is 5.02 Å². The van der Waals surface area contributed by atoms with Gasteiger partial charge in [0, 0.05) is 16.0 Å². The molecule has 9 heteroatoms. The third-order valence-electron chi connectivity index (χ3n) is 3.66. The predicted octanol–water partition coefficient (Wildman–Crippen LogP) is 4.68. The molecule has 1 aliphatic heterocycles. The number of carbonyl (C=O) groups is 3. The Morgan fingerprint density at radius 2 is 1.96 bits per heavy atom. The molecule has 0 aliphatic carbocycles. The highest BCUT2D eigenvalue weighted by atomic mass is 35.5. The zero-order chi connectivity index (χ0) is 19.6. The highest BCUT2D eigenvalue weighted by Crippen LogP contribution is 2.35. The molecule has 1 aromatic carbocycles. The van der Waals surface area contributed by atoms with Crippen molar-refractivity contribution in [1.29, 1.82) is 0 Å². The van der Waals surface area contributed by atoms with Gasteiger partial charge in [-0.15, -0.1) is 0 Å². The van der Waals surface area contributed by atoms with Gasteiger partial charge in [0.2, 0.25) is 0 Å². The molecule has 140 valence electrons. The first-order valence-corrected chi connectivity index (χ1v) is 9.78. The summed E-state index contributed by atoms with van der Waals surface area (Å²) in [5.41, 5.74) is 0. The molecule has 0 N–H and O–H groups in total. The lowest BCUT2D eigenvalue weighted by Crippen LogP contribution is -2.42. The number of halogens is 1. The first-order chi connectivity index (χ1) is 12.9. The summed E-state index contributed by atoms with van der Waals surface area (Å²) in [5, 5.41) is 0.758. The number of hydrogen-bond acceptors (Lipinski definition) is 7. The molecular formula is C18H14ClNO5S2. The number of carbonyl (C=O) groups excluding carboxylic acids is 3. The van der Waals surface area contributed by atoms with Crippen LogP contribution in [0, 0.1) is 0 Å². The molecule has 0 bridgehead atoms. The summed E-state index contributed by atoms with van der Waals surface area (Å²) < 4.78 is 10.3. The van der Waals surface area contributed by atoms with E-state index in [0.717, 1.165) is 21.6 Å². The van der Waals surface area contributed by atoms with Crippen molar-refractivity contribution in [3.05, 3.63) is 52.1 Å². The van der Waals surface area contributed by atoms with Crippen LogP contribution < -0.4 is 0 Å². The fourth-order valence-corrected chi connectivity index (χ4v) is 4.10. The van der Waals surface area contributed by atoms with Crippen LogP contribution in [0.4, 0.5) is 4.79 Å². The molecule has 2 amide bonds. The normalized spacial score (nSPS) is 16.9. The smallest absolute Gasteiger partial charge is 0.328 e. The van der Waals surface area contributed by atoms with Crippen LogP contribution in [-0.4, -0.2) is 35.2 Å². The fraction of sp³-hybridized carbons (Fsp3) is 0.167. The van der Waals surface area contributed by atoms with Gasteiger partial charge in [-0.05, 0) is 55.1 Å². The summed E-state index contributed by atoms with van der Waals surface area (Å²) in [6.45, 7) is 1.44. The number of furan rings is 1. The van der Waals surface area contributed by atoms with Crippen LogP contribution in [0.15, 0.2) is 55.7 Å². The molecule has 2 aromatic rings. The molecule has 2 heterocycles. The monoisotopic (exact) mass is 423 g/mol. The summed E-state index contributed by atoms with van der Waals surface area (Å²) in [6, 6.07) is 9.80. The molecular weight excluding hydrogens is 410 g/mol. The Kier molecular flexibility index (Phi) is 5.98. The molecule has 0 saturated carbocycles. The summed E-state index contributed by atoms with van der Waals surface area (Å²) >= 11 is 8.03. The van der Waals surface area contributed by atoms with Crippen LogP contribution in [-0.2, 0) is 14.3 Å². The van der Waals surface area contributed by atoms with E-state index in [1.807, 2.05) is 12.1 Å². The number of benzene rings is 1. The number of esters is 1. The summed E-state index contributed by atoms with van der Waals surface area (Å²) in [4.78, 5) is 38.2. The maximum atomic E-state index is 12.5. The number of amides is 2. The predicted molar refractivity (Wildman–Crippen MR) is 104 cm³/mol. The van der Waals surface area contributed by atoms with E-state index in [4.69, 9.17) is 16.0 Å². The summed E-state index contributed by atoms with van der Waals surface area (Å²) in [7, 11) is 1.20.